The zero-order valence-electron chi connectivity index (χ0n) is 25.9. The van der Waals surface area contributed by atoms with E-state index in [1.165, 1.54) is 0 Å². The number of nitrogens with two attached hydrogens (primary N) is 1. The second kappa shape index (κ2) is 12.8. The van der Waals surface area contributed by atoms with Gasteiger partial charge in [0.15, 0.2) is 5.60 Å². The molecule has 1 aliphatic rings. The van der Waals surface area contributed by atoms with E-state index in [4.69, 9.17) is 15.5 Å². The number of unbranched alkanes of at least 4 members (excludes halogenated alkanes) is 1. The lowest BCUT2D eigenvalue weighted by molar-refractivity contribution is -0.922. The van der Waals surface area contributed by atoms with Crippen LogP contribution in [-0.2, 0) is 24.7 Å². The first-order chi connectivity index (χ1) is 20.6. The molecule has 0 spiro atoms. The van der Waals surface area contributed by atoms with Crippen molar-refractivity contribution in [2.45, 2.75) is 63.5 Å². The van der Waals surface area contributed by atoms with E-state index < -0.39 is 11.5 Å². The number of aliphatic hydroxyl groups is 1. The smallest absolute Gasteiger partial charge is 0.255 e. The molecule has 3 N–H and O–H groups in total. The van der Waals surface area contributed by atoms with Gasteiger partial charge in [0, 0.05) is 42.5 Å². The van der Waals surface area contributed by atoms with Gasteiger partial charge in [0.2, 0.25) is 5.88 Å². The molecule has 4 aromatic rings. The van der Waals surface area contributed by atoms with E-state index in [1.807, 2.05) is 57.8 Å². The van der Waals surface area contributed by atoms with Crippen molar-refractivity contribution in [3.8, 4) is 17.1 Å². The van der Waals surface area contributed by atoms with E-state index in [1.54, 1.807) is 10.9 Å². The summed E-state index contributed by atoms with van der Waals surface area (Å²) in [5.41, 5.74) is 8.24. The normalized spacial score (nSPS) is 20.8. The Morgan fingerprint density at radius 2 is 2.00 bits per heavy atom. The number of nitrogens with zero attached hydrogens (tertiary/aromatic N) is 5. The molecule has 0 saturated heterocycles. The number of aromatic nitrogens is 4. The van der Waals surface area contributed by atoms with E-state index in [-0.39, 0.29) is 12.0 Å². The summed E-state index contributed by atoms with van der Waals surface area (Å²) in [6, 6.07) is 14.0. The summed E-state index contributed by atoms with van der Waals surface area (Å²) in [6.07, 6.45) is 11.3. The third kappa shape index (κ3) is 6.89. The Bertz CT molecular complexity index is 1550. The van der Waals surface area contributed by atoms with E-state index in [2.05, 4.69) is 35.2 Å². The number of fused-ring (bicyclic) bond motifs is 1. The van der Waals surface area contributed by atoms with Crippen molar-refractivity contribution in [3.05, 3.63) is 72.3 Å². The van der Waals surface area contributed by atoms with Gasteiger partial charge in [-0.05, 0) is 67.2 Å². The van der Waals surface area contributed by atoms with Crippen LogP contribution < -0.4 is 10.5 Å². The predicted molar refractivity (Wildman–Crippen MR) is 168 cm³/mol. The fourth-order valence-corrected chi connectivity index (χ4v) is 6.63. The number of quaternary nitrogens is 1. The van der Waals surface area contributed by atoms with Crippen LogP contribution in [0.25, 0.3) is 22.0 Å². The number of likely N-dealkylation sites (N-methyl/N-ethyl adjacent to an activating group) is 1. The number of ether oxygens (including phenoxy) is 1. The summed E-state index contributed by atoms with van der Waals surface area (Å²) < 4.78 is 8.47. The molecule has 3 aromatic heterocycles. The van der Waals surface area contributed by atoms with Gasteiger partial charge in [-0.15, -0.1) is 0 Å². The van der Waals surface area contributed by atoms with Crippen LogP contribution in [0.5, 0.6) is 5.88 Å². The van der Waals surface area contributed by atoms with Crippen LogP contribution in [0.2, 0.25) is 0 Å². The fraction of sp³-hybridized carbons (Fsp3) is 0.471. The molecule has 43 heavy (non-hydrogen) atoms. The highest BCUT2D eigenvalue weighted by Gasteiger charge is 2.54. The van der Waals surface area contributed by atoms with E-state index in [0.717, 1.165) is 65.4 Å². The molecule has 228 valence electrons. The molecule has 1 aromatic carbocycles. The standard InChI is InChI=1S/C34H44N6O3/c1-5-6-10-28-19-26-9-7-8-11-29(26)32(38-28)43-17-16-40(3,4)31-15-13-24(20-34(31,42)33(35)41)18-25-12-14-30(36-21-25)27-22-37-39(2)23-27/h7-9,11-12,14,19,21-24,31,42H,5-6,10,13,15-18,20H2,1-4H3,(H-,35,41)/p+1/t24?,31-,34-/m0/s1. The van der Waals surface area contributed by atoms with Crippen LogP contribution in [0.1, 0.15) is 50.3 Å². The van der Waals surface area contributed by atoms with Gasteiger partial charge in [0.25, 0.3) is 5.91 Å². The zero-order valence-corrected chi connectivity index (χ0v) is 25.9. The molecule has 0 aliphatic heterocycles. The number of aryl methyl sites for hydroxylation is 2. The zero-order chi connectivity index (χ0) is 30.6. The van der Waals surface area contributed by atoms with Crippen molar-refractivity contribution >= 4 is 16.7 Å². The summed E-state index contributed by atoms with van der Waals surface area (Å²) in [4.78, 5) is 22.3. The molecule has 1 unspecified atom stereocenters. The highest BCUT2D eigenvalue weighted by Crippen LogP contribution is 2.39. The summed E-state index contributed by atoms with van der Waals surface area (Å²) >= 11 is 0. The molecule has 0 bridgehead atoms. The Balaban J connectivity index is 1.24. The summed E-state index contributed by atoms with van der Waals surface area (Å²) in [5.74, 6) is 0.106. The lowest BCUT2D eigenvalue weighted by atomic mass is 9.71. The molecule has 5 rings (SSSR count). The quantitative estimate of drug-likeness (QED) is 0.237. The Labute approximate surface area is 254 Å². The minimum Gasteiger partial charge on any atom is -0.471 e. The average molecular weight is 586 g/mol. The molecule has 3 heterocycles. The van der Waals surface area contributed by atoms with Crippen LogP contribution in [-0.4, -0.2) is 74.1 Å². The minimum atomic E-state index is -1.61. The van der Waals surface area contributed by atoms with E-state index in [9.17, 15) is 9.90 Å². The van der Waals surface area contributed by atoms with E-state index >= 15 is 0 Å². The fourth-order valence-electron chi connectivity index (χ4n) is 6.63. The Morgan fingerprint density at radius 1 is 1.19 bits per heavy atom. The highest BCUT2D eigenvalue weighted by molar-refractivity contribution is 5.87. The van der Waals surface area contributed by atoms with Crippen molar-refractivity contribution in [1.82, 2.24) is 19.7 Å². The molecule has 9 heteroatoms. The van der Waals surface area contributed by atoms with Gasteiger partial charge < -0.3 is 20.1 Å². The second-order valence-electron chi connectivity index (χ2n) is 12.7. The molecule has 9 nitrogen and oxygen atoms in total. The number of primary amides is 1. The van der Waals surface area contributed by atoms with Gasteiger partial charge in [-0.3, -0.25) is 14.5 Å². The number of rotatable bonds is 12. The first-order valence-corrected chi connectivity index (χ1v) is 15.4. The SMILES string of the molecule is CCCCc1cc2ccccc2c(OCC[N+](C)(C)[C@H]2CCC(Cc3ccc(-c4cnn(C)c4)nc3)C[C@@]2(O)C(N)=O)n1. The van der Waals surface area contributed by atoms with Crippen LogP contribution in [0.3, 0.4) is 0 Å². The van der Waals surface area contributed by atoms with Gasteiger partial charge in [-0.1, -0.05) is 37.6 Å². The largest absolute Gasteiger partial charge is 0.471 e. The molecule has 3 atom stereocenters. The molecule has 1 fully saturated rings. The van der Waals surface area contributed by atoms with Crippen LogP contribution in [0.4, 0.5) is 0 Å². The number of hydrogen-bond acceptors (Lipinski definition) is 6. The molecular weight excluding hydrogens is 540 g/mol. The Kier molecular flexibility index (Phi) is 9.13. The molecular formula is C34H45N6O3+. The number of pyridine rings is 2. The molecule has 1 aliphatic carbocycles. The first kappa shape index (κ1) is 30.6. The third-order valence-electron chi connectivity index (χ3n) is 9.07. The van der Waals surface area contributed by atoms with Crippen molar-refractivity contribution in [3.63, 3.8) is 0 Å². The van der Waals surface area contributed by atoms with Gasteiger partial charge in [-0.25, -0.2) is 4.98 Å². The molecule has 1 amide bonds. The summed E-state index contributed by atoms with van der Waals surface area (Å²) in [5, 5.41) is 18.1. The van der Waals surface area contributed by atoms with Gasteiger partial charge >= 0.3 is 0 Å². The second-order valence-corrected chi connectivity index (χ2v) is 12.7. The average Bonchev–Trinajstić information content (AvgIpc) is 3.42. The topological polar surface area (TPSA) is 116 Å². The predicted octanol–water partition coefficient (Wildman–Crippen LogP) is 4.46. The minimum absolute atomic E-state index is 0.123. The Hall–Kier alpha value is -3.82. The van der Waals surface area contributed by atoms with Crippen molar-refractivity contribution in [2.75, 3.05) is 27.2 Å². The highest BCUT2D eigenvalue weighted by atomic mass is 16.5. The lowest BCUT2D eigenvalue weighted by Gasteiger charge is -2.49. The molecule has 1 saturated carbocycles. The van der Waals surface area contributed by atoms with Crippen molar-refractivity contribution in [1.29, 1.82) is 0 Å². The third-order valence-corrected chi connectivity index (χ3v) is 9.07. The first-order valence-electron chi connectivity index (χ1n) is 15.4. The van der Waals surface area contributed by atoms with Crippen LogP contribution in [0.15, 0.2) is 61.1 Å². The van der Waals surface area contributed by atoms with Crippen molar-refractivity contribution < 1.29 is 19.1 Å². The number of amides is 1. The number of carbonyl (C=O) groups is 1. The number of carbonyl (C=O) groups excluding carboxylic acids is 1. The van der Waals surface area contributed by atoms with Crippen LogP contribution >= 0.6 is 0 Å². The molecule has 0 radical (unpaired) electrons. The van der Waals surface area contributed by atoms with Gasteiger partial charge in [0.1, 0.15) is 19.2 Å². The number of benzene rings is 1. The Morgan fingerprint density at radius 3 is 2.70 bits per heavy atom. The maximum atomic E-state index is 12.8. The van der Waals surface area contributed by atoms with Crippen LogP contribution in [0, 0.1) is 5.92 Å². The summed E-state index contributed by atoms with van der Waals surface area (Å²) in [7, 11) is 5.98. The van der Waals surface area contributed by atoms with Gasteiger partial charge in [-0.2, -0.15) is 5.10 Å². The maximum Gasteiger partial charge on any atom is 0.255 e. The van der Waals surface area contributed by atoms with E-state index in [0.29, 0.717) is 36.4 Å². The monoisotopic (exact) mass is 585 g/mol. The lowest BCUT2D eigenvalue weighted by Crippen LogP contribution is -2.68. The maximum absolute atomic E-state index is 12.8. The van der Waals surface area contributed by atoms with Crippen molar-refractivity contribution in [2.24, 2.45) is 18.7 Å². The summed E-state index contributed by atoms with van der Waals surface area (Å²) in [6.45, 7) is 3.18. The number of hydrogen-bond donors (Lipinski definition) is 2. The van der Waals surface area contributed by atoms with Gasteiger partial charge in [0.05, 0.1) is 26.0 Å².